The topological polar surface area (TPSA) is 36.9 Å². The van der Waals surface area contributed by atoms with E-state index in [1.165, 1.54) is 18.4 Å². The molecule has 0 radical (unpaired) electrons. The Labute approximate surface area is 173 Å². The second kappa shape index (κ2) is 9.42. The first-order valence-electron chi connectivity index (χ1n) is 8.94. The number of likely N-dealkylation sites (tertiary alicyclic amines) is 1. The summed E-state index contributed by atoms with van der Waals surface area (Å²) in [6, 6.07) is 8.20. The van der Waals surface area contributed by atoms with Crippen molar-refractivity contribution in [3.63, 3.8) is 0 Å². The highest BCUT2D eigenvalue weighted by molar-refractivity contribution is 14.0. The van der Waals surface area contributed by atoms with Gasteiger partial charge in [0.05, 0.1) is 6.61 Å². The van der Waals surface area contributed by atoms with Crippen molar-refractivity contribution in [1.29, 1.82) is 0 Å². The first-order chi connectivity index (χ1) is 11.7. The fraction of sp³-hybridized carbons (Fsp3) is 0.632. The van der Waals surface area contributed by atoms with Crippen molar-refractivity contribution in [1.82, 2.24) is 10.2 Å². The highest BCUT2D eigenvalue weighted by atomic mass is 127. The van der Waals surface area contributed by atoms with Crippen LogP contribution in [0.15, 0.2) is 29.3 Å². The van der Waals surface area contributed by atoms with Gasteiger partial charge >= 0.3 is 0 Å². The molecule has 0 amide bonds. The molecule has 2 saturated heterocycles. The molecule has 0 bridgehead atoms. The van der Waals surface area contributed by atoms with Crippen molar-refractivity contribution < 1.29 is 4.74 Å². The standard InChI is InChI=1S/C19H28ClN3O.HI/c1-3-15(16-4-6-17(20)7-5-16)12-22-18(21-2)23-10-8-19(13-23)9-11-24-14-19;/h4-7,15H,3,8-14H2,1-2H3,(H,21,22);1H. The third-order valence-electron chi connectivity index (χ3n) is 5.48. The lowest BCUT2D eigenvalue weighted by Gasteiger charge is -2.26. The highest BCUT2D eigenvalue weighted by Crippen LogP contribution is 2.38. The number of aliphatic imine (C=N–C) groups is 1. The molecule has 2 unspecified atom stereocenters. The van der Waals surface area contributed by atoms with Gasteiger partial charge in [0.2, 0.25) is 0 Å². The number of nitrogens with one attached hydrogen (secondary N) is 1. The Morgan fingerprint density at radius 2 is 2.12 bits per heavy atom. The lowest BCUT2D eigenvalue weighted by molar-refractivity contribution is 0.156. The molecule has 2 fully saturated rings. The Bertz CT molecular complexity index is 573. The van der Waals surface area contributed by atoms with Gasteiger partial charge in [-0.25, -0.2) is 0 Å². The predicted molar refractivity (Wildman–Crippen MR) is 115 cm³/mol. The Morgan fingerprint density at radius 1 is 1.36 bits per heavy atom. The molecule has 2 heterocycles. The van der Waals surface area contributed by atoms with Gasteiger partial charge in [-0.3, -0.25) is 4.99 Å². The largest absolute Gasteiger partial charge is 0.381 e. The lowest BCUT2D eigenvalue weighted by atomic mass is 9.87. The Morgan fingerprint density at radius 3 is 2.72 bits per heavy atom. The van der Waals surface area contributed by atoms with Gasteiger partial charge in [-0.05, 0) is 37.0 Å². The van der Waals surface area contributed by atoms with E-state index in [4.69, 9.17) is 16.3 Å². The Balaban J connectivity index is 0.00000225. The van der Waals surface area contributed by atoms with Gasteiger partial charge in [0.1, 0.15) is 0 Å². The second-order valence-corrected chi connectivity index (χ2v) is 7.50. The monoisotopic (exact) mass is 477 g/mol. The molecule has 0 saturated carbocycles. The van der Waals surface area contributed by atoms with Crippen LogP contribution in [0.3, 0.4) is 0 Å². The number of hydrogen-bond donors (Lipinski definition) is 1. The highest BCUT2D eigenvalue weighted by Gasteiger charge is 2.42. The van der Waals surface area contributed by atoms with Crippen molar-refractivity contribution in [2.24, 2.45) is 10.4 Å². The van der Waals surface area contributed by atoms with Crippen molar-refractivity contribution in [2.45, 2.75) is 32.1 Å². The molecule has 4 nitrogen and oxygen atoms in total. The molecule has 2 aliphatic heterocycles. The van der Waals surface area contributed by atoms with E-state index >= 15 is 0 Å². The van der Waals surface area contributed by atoms with Gasteiger partial charge in [-0.1, -0.05) is 30.7 Å². The Kier molecular flexibility index (Phi) is 7.83. The van der Waals surface area contributed by atoms with E-state index in [1.54, 1.807) is 0 Å². The zero-order chi connectivity index (χ0) is 17.0. The van der Waals surface area contributed by atoms with E-state index < -0.39 is 0 Å². The normalized spacial score (nSPS) is 24.4. The van der Waals surface area contributed by atoms with Crippen molar-refractivity contribution in [2.75, 3.05) is 39.9 Å². The Hall–Kier alpha value is -0.530. The van der Waals surface area contributed by atoms with E-state index in [0.29, 0.717) is 11.3 Å². The number of nitrogens with zero attached hydrogens (tertiary/aromatic N) is 2. The third kappa shape index (κ3) is 5.01. The fourth-order valence-electron chi connectivity index (χ4n) is 3.87. The van der Waals surface area contributed by atoms with Crippen LogP contribution in [0.1, 0.15) is 37.7 Å². The van der Waals surface area contributed by atoms with Gasteiger partial charge in [0.25, 0.3) is 0 Å². The molecule has 1 spiro atoms. The number of halogens is 2. The van der Waals surface area contributed by atoms with Gasteiger partial charge < -0.3 is 15.0 Å². The smallest absolute Gasteiger partial charge is 0.193 e. The van der Waals surface area contributed by atoms with Crippen molar-refractivity contribution >= 4 is 41.5 Å². The number of ether oxygens (including phenoxy) is 1. The van der Waals surface area contributed by atoms with Crippen LogP contribution in [-0.4, -0.2) is 50.8 Å². The number of guanidine groups is 1. The maximum atomic E-state index is 6.00. The number of hydrogen-bond acceptors (Lipinski definition) is 2. The molecule has 0 aromatic heterocycles. The van der Waals surface area contributed by atoms with Crippen LogP contribution in [0.4, 0.5) is 0 Å². The molecule has 1 N–H and O–H groups in total. The maximum Gasteiger partial charge on any atom is 0.193 e. The molecular formula is C19H29ClIN3O. The molecule has 2 atom stereocenters. The molecule has 140 valence electrons. The molecule has 6 heteroatoms. The second-order valence-electron chi connectivity index (χ2n) is 7.06. The van der Waals surface area contributed by atoms with Crippen LogP contribution in [0.2, 0.25) is 5.02 Å². The van der Waals surface area contributed by atoms with Crippen molar-refractivity contribution in [3.05, 3.63) is 34.9 Å². The van der Waals surface area contributed by atoms with Gasteiger partial charge in [0.15, 0.2) is 5.96 Å². The van der Waals surface area contributed by atoms with Gasteiger partial charge in [-0.2, -0.15) is 0 Å². The lowest BCUT2D eigenvalue weighted by Crippen LogP contribution is -2.42. The molecule has 0 aliphatic carbocycles. The summed E-state index contributed by atoms with van der Waals surface area (Å²) in [6.45, 7) is 7.07. The molecule has 25 heavy (non-hydrogen) atoms. The van der Waals surface area contributed by atoms with E-state index in [-0.39, 0.29) is 24.0 Å². The SMILES string of the molecule is CCC(CNC(=NC)N1CCC2(CCOC2)C1)c1ccc(Cl)cc1.I. The summed E-state index contributed by atoms with van der Waals surface area (Å²) in [7, 11) is 1.88. The number of benzene rings is 1. The molecule has 2 aliphatic rings. The quantitative estimate of drug-likeness (QED) is 0.402. The summed E-state index contributed by atoms with van der Waals surface area (Å²) in [5.41, 5.74) is 1.68. The molecule has 3 rings (SSSR count). The predicted octanol–water partition coefficient (Wildman–Crippen LogP) is 4.14. The third-order valence-corrected chi connectivity index (χ3v) is 5.73. The number of rotatable bonds is 4. The van der Waals surface area contributed by atoms with Crippen LogP contribution < -0.4 is 5.32 Å². The zero-order valence-corrected chi connectivity index (χ0v) is 18.2. The minimum absolute atomic E-state index is 0. The van der Waals surface area contributed by atoms with Crippen LogP contribution in [0.25, 0.3) is 0 Å². The van der Waals surface area contributed by atoms with E-state index in [1.807, 2.05) is 19.2 Å². The minimum atomic E-state index is 0. The molecular weight excluding hydrogens is 449 g/mol. The van der Waals surface area contributed by atoms with E-state index in [0.717, 1.165) is 50.3 Å². The average Bonchev–Trinajstić information content (AvgIpc) is 3.23. The summed E-state index contributed by atoms with van der Waals surface area (Å²) in [5, 5.41) is 4.37. The van der Waals surface area contributed by atoms with Crippen LogP contribution in [0.5, 0.6) is 0 Å². The van der Waals surface area contributed by atoms with Crippen molar-refractivity contribution in [3.8, 4) is 0 Å². The molecule has 1 aromatic carbocycles. The summed E-state index contributed by atoms with van der Waals surface area (Å²) in [6.07, 6.45) is 3.48. The summed E-state index contributed by atoms with van der Waals surface area (Å²) < 4.78 is 5.63. The van der Waals surface area contributed by atoms with E-state index in [9.17, 15) is 0 Å². The van der Waals surface area contributed by atoms with Crippen LogP contribution >= 0.6 is 35.6 Å². The minimum Gasteiger partial charge on any atom is -0.381 e. The van der Waals surface area contributed by atoms with Gasteiger partial charge in [-0.15, -0.1) is 24.0 Å². The average molecular weight is 478 g/mol. The summed E-state index contributed by atoms with van der Waals surface area (Å²) >= 11 is 6.00. The van der Waals surface area contributed by atoms with Crippen LogP contribution in [-0.2, 0) is 4.74 Å². The summed E-state index contributed by atoms with van der Waals surface area (Å²) in [4.78, 5) is 6.90. The molecule has 1 aromatic rings. The fourth-order valence-corrected chi connectivity index (χ4v) is 3.99. The summed E-state index contributed by atoms with van der Waals surface area (Å²) in [5.74, 6) is 1.48. The van der Waals surface area contributed by atoms with Gasteiger partial charge in [0, 0.05) is 49.6 Å². The first kappa shape index (κ1) is 20.8. The maximum absolute atomic E-state index is 6.00. The van der Waals surface area contributed by atoms with E-state index in [2.05, 4.69) is 34.3 Å². The zero-order valence-electron chi connectivity index (χ0n) is 15.1. The first-order valence-corrected chi connectivity index (χ1v) is 9.32. The van der Waals surface area contributed by atoms with Crippen LogP contribution in [0, 0.1) is 5.41 Å².